The molecule has 0 heterocycles. The van der Waals surface area contributed by atoms with Crippen LogP contribution < -0.4 is 19.5 Å². The average Bonchev–Trinajstić information content (AvgIpc) is 2.84. The molecule has 0 aliphatic rings. The lowest BCUT2D eigenvalue weighted by atomic mass is 10.0. The van der Waals surface area contributed by atoms with Crippen LogP contribution in [0.15, 0.2) is 36.4 Å². The molecule has 2 aromatic rings. The minimum absolute atomic E-state index is 0.0527. The molecule has 0 unspecified atom stereocenters. The van der Waals surface area contributed by atoms with Crippen molar-refractivity contribution >= 4 is 40.8 Å². The van der Waals surface area contributed by atoms with E-state index in [1.165, 1.54) is 57.7 Å². The number of nitro benzene ring substituents is 1. The molecule has 1 amide bonds. The number of halogens is 2. The summed E-state index contributed by atoms with van der Waals surface area (Å²) in [6.45, 7) is -0.486. The molecule has 0 radical (unpaired) electrons. The third-order valence-electron chi connectivity index (χ3n) is 4.65. The van der Waals surface area contributed by atoms with Gasteiger partial charge in [-0.25, -0.2) is 4.79 Å². The summed E-state index contributed by atoms with van der Waals surface area (Å²) in [6.07, 6.45) is -1.41. The van der Waals surface area contributed by atoms with Crippen molar-refractivity contribution in [3.63, 3.8) is 0 Å². The largest absolute Gasteiger partial charge is 0.493 e. The van der Waals surface area contributed by atoms with Gasteiger partial charge in [0.2, 0.25) is 5.75 Å². The number of rotatable bonds is 11. The highest BCUT2D eigenvalue weighted by Gasteiger charge is 2.28. The normalized spacial score (nSPS) is 12.4. The van der Waals surface area contributed by atoms with Crippen LogP contribution in [0.5, 0.6) is 17.2 Å². The number of hydrogen-bond acceptors (Lipinski definition) is 9. The number of nitrogens with zero attached hydrogens (tertiary/aromatic N) is 1. The first-order chi connectivity index (χ1) is 16.1. The van der Waals surface area contributed by atoms with Crippen molar-refractivity contribution in [3.8, 4) is 17.2 Å². The summed E-state index contributed by atoms with van der Waals surface area (Å²) in [4.78, 5) is 33.5. The molecule has 2 rings (SSSR count). The zero-order chi connectivity index (χ0) is 25.4. The first kappa shape index (κ1) is 27.0. The van der Waals surface area contributed by atoms with Crippen molar-refractivity contribution in [2.45, 2.75) is 17.0 Å². The Kier molecular flexibility index (Phi) is 9.72. The Hall–Kier alpha value is -3.28. The highest BCUT2D eigenvalue weighted by atomic mass is 35.5. The number of aliphatic hydroxyl groups is 1. The minimum Gasteiger partial charge on any atom is -0.493 e. The lowest BCUT2D eigenvalue weighted by Crippen LogP contribution is -2.45. The molecule has 0 saturated heterocycles. The fourth-order valence-corrected chi connectivity index (χ4v) is 3.06. The van der Waals surface area contributed by atoms with E-state index in [2.05, 4.69) is 5.32 Å². The lowest BCUT2D eigenvalue weighted by Gasteiger charge is -2.24. The average molecular weight is 517 g/mol. The number of ether oxygens (including phenoxy) is 4. The van der Waals surface area contributed by atoms with E-state index < -0.39 is 40.4 Å². The van der Waals surface area contributed by atoms with Crippen LogP contribution in [0.3, 0.4) is 0 Å². The van der Waals surface area contributed by atoms with Gasteiger partial charge in [0.25, 0.3) is 11.6 Å². The van der Waals surface area contributed by atoms with Crippen LogP contribution >= 0.6 is 23.2 Å². The van der Waals surface area contributed by atoms with Gasteiger partial charge in [-0.15, -0.1) is 0 Å². The topological polar surface area (TPSA) is 146 Å². The number of alkyl halides is 2. The predicted molar refractivity (Wildman–Crippen MR) is 122 cm³/mol. The molecular formula is C21H22Cl2N2O9. The summed E-state index contributed by atoms with van der Waals surface area (Å²) < 4.78 is 20.9. The van der Waals surface area contributed by atoms with E-state index in [0.29, 0.717) is 0 Å². The van der Waals surface area contributed by atoms with Gasteiger partial charge in [0.05, 0.1) is 37.9 Å². The first-order valence-corrected chi connectivity index (χ1v) is 10.5. The van der Waals surface area contributed by atoms with Crippen LogP contribution in [-0.4, -0.2) is 60.7 Å². The Morgan fingerprint density at radius 2 is 1.62 bits per heavy atom. The fraction of sp³-hybridized carbons (Fsp3) is 0.333. The van der Waals surface area contributed by atoms with E-state index in [9.17, 15) is 24.8 Å². The van der Waals surface area contributed by atoms with Crippen molar-refractivity contribution in [2.75, 3.05) is 27.9 Å². The summed E-state index contributed by atoms with van der Waals surface area (Å²) in [5, 5.41) is 24.0. The number of nitro groups is 1. The van der Waals surface area contributed by atoms with E-state index in [-0.39, 0.29) is 34.1 Å². The summed E-state index contributed by atoms with van der Waals surface area (Å²) >= 11 is 11.2. The number of carbonyl (C=O) groups excluding carboxylic acids is 2. The van der Waals surface area contributed by atoms with Crippen LogP contribution in [0.1, 0.15) is 22.0 Å². The van der Waals surface area contributed by atoms with E-state index in [1.54, 1.807) is 0 Å². The van der Waals surface area contributed by atoms with Crippen LogP contribution in [0, 0.1) is 10.1 Å². The maximum atomic E-state index is 12.7. The second-order valence-electron chi connectivity index (χ2n) is 6.72. The number of hydrogen-bond donors (Lipinski definition) is 2. The molecule has 2 atom stereocenters. The third-order valence-corrected chi connectivity index (χ3v) is 5.04. The number of nitrogens with one attached hydrogen (secondary N) is 1. The molecule has 184 valence electrons. The molecule has 0 aromatic heterocycles. The number of non-ortho nitro benzene ring substituents is 1. The Morgan fingerprint density at radius 1 is 1.06 bits per heavy atom. The molecule has 13 heteroatoms. The maximum absolute atomic E-state index is 12.7. The van der Waals surface area contributed by atoms with Gasteiger partial charge in [-0.2, -0.15) is 0 Å². The first-order valence-electron chi connectivity index (χ1n) is 9.61. The molecule has 11 nitrogen and oxygen atoms in total. The van der Waals surface area contributed by atoms with E-state index in [1.807, 2.05) is 0 Å². The van der Waals surface area contributed by atoms with Gasteiger partial charge < -0.3 is 29.4 Å². The SMILES string of the molecule is COc1cc(C(=O)OC[C@H](NC(=O)C(Cl)Cl)[C@@H](O)c2ccc([N+](=O)[O-])cc2)cc(OC)c1OC. The third kappa shape index (κ3) is 6.62. The molecule has 0 aliphatic heterocycles. The van der Waals surface area contributed by atoms with Crippen molar-refractivity contribution < 1.29 is 38.6 Å². The second-order valence-corrected chi connectivity index (χ2v) is 7.82. The van der Waals surface area contributed by atoms with Gasteiger partial charge in [-0.1, -0.05) is 23.2 Å². The van der Waals surface area contributed by atoms with Crippen LogP contribution in [0.4, 0.5) is 5.69 Å². The molecule has 0 aliphatic carbocycles. The van der Waals surface area contributed by atoms with Gasteiger partial charge >= 0.3 is 5.97 Å². The second kappa shape index (κ2) is 12.3. The summed E-state index contributed by atoms with van der Waals surface area (Å²) in [7, 11) is 4.17. The van der Waals surface area contributed by atoms with Crippen LogP contribution in [0.2, 0.25) is 0 Å². The fourth-order valence-electron chi connectivity index (χ4n) is 2.93. The molecule has 0 fully saturated rings. The Labute approximate surface area is 204 Å². The van der Waals surface area contributed by atoms with E-state index in [4.69, 9.17) is 42.1 Å². The number of benzene rings is 2. The number of aliphatic hydroxyl groups excluding tert-OH is 1. The number of esters is 1. The van der Waals surface area contributed by atoms with Gasteiger partial charge in [0, 0.05) is 12.1 Å². The van der Waals surface area contributed by atoms with Crippen molar-refractivity contribution in [2.24, 2.45) is 0 Å². The smallest absolute Gasteiger partial charge is 0.338 e. The molecule has 34 heavy (non-hydrogen) atoms. The predicted octanol–water partition coefficient (Wildman–Crippen LogP) is 2.80. The molecule has 0 bridgehead atoms. The Balaban J connectivity index is 2.25. The summed E-state index contributed by atoms with van der Waals surface area (Å²) in [5.74, 6) is -0.940. The molecule has 2 aromatic carbocycles. The van der Waals surface area contributed by atoms with Gasteiger partial charge in [-0.05, 0) is 29.8 Å². The molecule has 2 N–H and O–H groups in total. The number of carbonyl (C=O) groups is 2. The number of methoxy groups -OCH3 is 3. The highest BCUT2D eigenvalue weighted by molar-refractivity contribution is 6.53. The maximum Gasteiger partial charge on any atom is 0.338 e. The zero-order valence-corrected chi connectivity index (χ0v) is 19.8. The van der Waals surface area contributed by atoms with Crippen molar-refractivity contribution in [3.05, 3.63) is 57.6 Å². The summed E-state index contributed by atoms with van der Waals surface area (Å²) in [6, 6.07) is 6.55. The van der Waals surface area contributed by atoms with Gasteiger partial charge in [0.15, 0.2) is 16.3 Å². The summed E-state index contributed by atoms with van der Waals surface area (Å²) in [5.41, 5.74) is 0.0874. The van der Waals surface area contributed by atoms with Crippen LogP contribution in [-0.2, 0) is 9.53 Å². The monoisotopic (exact) mass is 516 g/mol. The van der Waals surface area contributed by atoms with Crippen LogP contribution in [0.25, 0.3) is 0 Å². The Morgan fingerprint density at radius 3 is 2.06 bits per heavy atom. The lowest BCUT2D eigenvalue weighted by molar-refractivity contribution is -0.384. The highest BCUT2D eigenvalue weighted by Crippen LogP contribution is 2.38. The van der Waals surface area contributed by atoms with Crippen molar-refractivity contribution in [1.29, 1.82) is 0 Å². The van der Waals surface area contributed by atoms with E-state index >= 15 is 0 Å². The van der Waals surface area contributed by atoms with E-state index in [0.717, 1.165) is 0 Å². The number of amides is 1. The molecule has 0 spiro atoms. The van der Waals surface area contributed by atoms with Gasteiger partial charge in [-0.3, -0.25) is 14.9 Å². The zero-order valence-electron chi connectivity index (χ0n) is 18.3. The standard InChI is InChI=1S/C21H22Cl2N2O9/c1-31-15-8-12(9-16(32-2)18(15)33-3)21(28)34-10-14(24-20(27)19(22)23)17(26)11-4-6-13(7-5-11)25(29)30/h4-9,14,17,19,26H,10H2,1-3H3,(H,24,27)/t14-,17-/m0/s1. The molecule has 0 saturated carbocycles. The Bertz CT molecular complexity index is 1010. The minimum atomic E-state index is -1.45. The van der Waals surface area contributed by atoms with Crippen molar-refractivity contribution in [1.82, 2.24) is 5.32 Å². The quantitative estimate of drug-likeness (QED) is 0.199. The van der Waals surface area contributed by atoms with Gasteiger partial charge in [0.1, 0.15) is 12.7 Å². The molecular weight excluding hydrogens is 495 g/mol.